The highest BCUT2D eigenvalue weighted by Gasteiger charge is 2.17. The van der Waals surface area contributed by atoms with Gasteiger partial charge in [-0.05, 0) is 48.0 Å². The van der Waals surface area contributed by atoms with E-state index in [0.717, 1.165) is 6.26 Å². The molecule has 0 aliphatic heterocycles. The van der Waals surface area contributed by atoms with Crippen molar-refractivity contribution in [2.75, 3.05) is 23.4 Å². The van der Waals surface area contributed by atoms with Gasteiger partial charge in [-0.1, -0.05) is 30.3 Å². The number of anilines is 2. The summed E-state index contributed by atoms with van der Waals surface area (Å²) in [4.78, 5) is 12.9. The summed E-state index contributed by atoms with van der Waals surface area (Å²) in [5.41, 5.74) is 1.25. The largest absolute Gasteiger partial charge is 0.495 e. The Morgan fingerprint density at radius 2 is 1.62 bits per heavy atom. The van der Waals surface area contributed by atoms with Crippen LogP contribution in [0, 0.1) is 0 Å². The number of nitrogens with one attached hydrogen (secondary N) is 2. The van der Waals surface area contributed by atoms with Crippen LogP contribution in [-0.4, -0.2) is 36.1 Å². The number of ether oxygens (including phenoxy) is 1. The normalized spacial score (nSPS) is 11.6. The molecule has 0 radical (unpaired) electrons. The van der Waals surface area contributed by atoms with Gasteiger partial charge in [-0.2, -0.15) is 0 Å². The number of hydrogen-bond donors (Lipinski definition) is 2. The average Bonchev–Trinajstić information content (AvgIpc) is 2.73. The minimum absolute atomic E-state index is 0.176. The van der Waals surface area contributed by atoms with Gasteiger partial charge in [0.05, 0.1) is 29.7 Å². The van der Waals surface area contributed by atoms with E-state index in [0.29, 0.717) is 17.0 Å². The molecule has 0 atom stereocenters. The Hall–Kier alpha value is -3.37. The highest BCUT2D eigenvalue weighted by molar-refractivity contribution is 7.92. The number of rotatable bonds is 8. The fourth-order valence-electron chi connectivity index (χ4n) is 3.00. The molecule has 0 bridgehead atoms. The van der Waals surface area contributed by atoms with E-state index in [1.54, 1.807) is 42.5 Å². The van der Waals surface area contributed by atoms with Gasteiger partial charge in [-0.3, -0.25) is 9.52 Å². The molecule has 3 rings (SSSR count). The summed E-state index contributed by atoms with van der Waals surface area (Å²) in [6.45, 7) is 0. The quantitative estimate of drug-likeness (QED) is 0.517. The van der Waals surface area contributed by atoms with Gasteiger partial charge >= 0.3 is 0 Å². The van der Waals surface area contributed by atoms with Crippen molar-refractivity contribution in [3.05, 3.63) is 83.9 Å². The molecular formula is C22H22N2O6S2. The van der Waals surface area contributed by atoms with Gasteiger partial charge in [-0.25, -0.2) is 16.8 Å². The summed E-state index contributed by atoms with van der Waals surface area (Å²) in [5, 5.41) is 2.68. The molecule has 32 heavy (non-hydrogen) atoms. The lowest BCUT2D eigenvalue weighted by Crippen LogP contribution is -2.14. The Morgan fingerprint density at radius 1 is 0.906 bits per heavy atom. The van der Waals surface area contributed by atoms with Crippen molar-refractivity contribution in [2.45, 2.75) is 10.6 Å². The van der Waals surface area contributed by atoms with Crippen molar-refractivity contribution in [1.29, 1.82) is 0 Å². The number of sulfone groups is 1. The third kappa shape index (κ3) is 6.08. The number of sulfonamides is 1. The van der Waals surface area contributed by atoms with Crippen molar-refractivity contribution >= 4 is 37.1 Å². The van der Waals surface area contributed by atoms with Crippen molar-refractivity contribution in [3.8, 4) is 5.75 Å². The van der Waals surface area contributed by atoms with Crippen LogP contribution in [0.25, 0.3) is 0 Å². The third-order valence-electron chi connectivity index (χ3n) is 4.40. The second-order valence-electron chi connectivity index (χ2n) is 7.02. The molecule has 0 heterocycles. The molecule has 0 aromatic heterocycles. The van der Waals surface area contributed by atoms with Crippen molar-refractivity contribution in [3.63, 3.8) is 0 Å². The molecule has 0 aliphatic rings. The summed E-state index contributed by atoms with van der Waals surface area (Å²) in [6, 6.07) is 18.9. The fourth-order valence-corrected chi connectivity index (χ4v) is 4.92. The lowest BCUT2D eigenvalue weighted by Gasteiger charge is -2.13. The summed E-state index contributed by atoms with van der Waals surface area (Å²) in [6.07, 6.45) is 1.01. The monoisotopic (exact) mass is 474 g/mol. The molecule has 0 aliphatic carbocycles. The van der Waals surface area contributed by atoms with E-state index in [2.05, 4.69) is 10.0 Å². The summed E-state index contributed by atoms with van der Waals surface area (Å²) in [7, 11) is -5.71. The first kappa shape index (κ1) is 23.3. The molecule has 0 spiro atoms. The smallest absolute Gasteiger partial charge is 0.255 e. The maximum atomic E-state index is 12.7. The van der Waals surface area contributed by atoms with Gasteiger partial charge in [-0.15, -0.1) is 0 Å². The summed E-state index contributed by atoms with van der Waals surface area (Å²) >= 11 is 0. The highest BCUT2D eigenvalue weighted by atomic mass is 32.2. The molecule has 0 saturated heterocycles. The van der Waals surface area contributed by atoms with Crippen LogP contribution < -0.4 is 14.8 Å². The van der Waals surface area contributed by atoms with Crippen LogP contribution in [0.5, 0.6) is 5.75 Å². The molecule has 8 nitrogen and oxygen atoms in total. The molecule has 168 valence electrons. The first-order valence-electron chi connectivity index (χ1n) is 9.41. The lowest BCUT2D eigenvalue weighted by atomic mass is 10.1. The Kier molecular flexibility index (Phi) is 6.85. The van der Waals surface area contributed by atoms with Gasteiger partial charge in [0.15, 0.2) is 9.84 Å². The van der Waals surface area contributed by atoms with Crippen molar-refractivity contribution in [2.24, 2.45) is 0 Å². The number of amides is 1. The number of benzene rings is 3. The second kappa shape index (κ2) is 9.41. The van der Waals surface area contributed by atoms with Gasteiger partial charge in [0, 0.05) is 11.3 Å². The zero-order chi connectivity index (χ0) is 23.4. The second-order valence-corrected chi connectivity index (χ2v) is 10.8. The number of carbonyl (C=O) groups excluding carboxylic acids is 1. The van der Waals surface area contributed by atoms with Crippen LogP contribution in [0.15, 0.2) is 77.7 Å². The maximum Gasteiger partial charge on any atom is 0.255 e. The Labute approximate surface area is 187 Å². The molecule has 0 saturated carbocycles. The van der Waals surface area contributed by atoms with Crippen molar-refractivity contribution < 1.29 is 26.4 Å². The van der Waals surface area contributed by atoms with Crippen LogP contribution in [0.4, 0.5) is 11.4 Å². The number of hydrogen-bond acceptors (Lipinski definition) is 6. The molecule has 2 N–H and O–H groups in total. The molecule has 3 aromatic rings. The molecule has 0 fully saturated rings. The van der Waals surface area contributed by atoms with Crippen LogP contribution in [0.3, 0.4) is 0 Å². The van der Waals surface area contributed by atoms with E-state index in [-0.39, 0.29) is 21.9 Å². The van der Waals surface area contributed by atoms with Crippen LogP contribution in [0.2, 0.25) is 0 Å². The minimum atomic E-state index is -3.56. The van der Waals surface area contributed by atoms with Gasteiger partial charge in [0.25, 0.3) is 5.91 Å². The topological polar surface area (TPSA) is 119 Å². The molecule has 10 heteroatoms. The zero-order valence-electron chi connectivity index (χ0n) is 17.4. The Balaban J connectivity index is 1.80. The van der Waals surface area contributed by atoms with E-state index in [9.17, 15) is 21.6 Å². The maximum absolute atomic E-state index is 12.7. The standard InChI is InChI=1S/C22H22N2O6S2/c1-30-21-12-11-18(14-20(21)24-31(2,26)27)23-22(25)17-8-6-7-16(13-17)15-32(28,29)19-9-4-3-5-10-19/h3-14,24H,15H2,1-2H3,(H,23,25). The van der Waals surface area contributed by atoms with Crippen LogP contribution in [-0.2, 0) is 25.6 Å². The first-order chi connectivity index (χ1) is 15.1. The van der Waals surface area contributed by atoms with Crippen LogP contribution in [0.1, 0.15) is 15.9 Å². The van der Waals surface area contributed by atoms with Gasteiger partial charge in [0.1, 0.15) is 5.75 Å². The predicted octanol–water partition coefficient (Wildman–Crippen LogP) is 3.29. The average molecular weight is 475 g/mol. The van der Waals surface area contributed by atoms with Gasteiger partial charge < -0.3 is 10.1 Å². The molecular weight excluding hydrogens is 452 g/mol. The number of carbonyl (C=O) groups is 1. The molecule has 3 aromatic carbocycles. The predicted molar refractivity (Wildman–Crippen MR) is 123 cm³/mol. The van der Waals surface area contributed by atoms with E-state index < -0.39 is 25.8 Å². The van der Waals surface area contributed by atoms with Gasteiger partial charge in [0.2, 0.25) is 10.0 Å². The number of methoxy groups -OCH3 is 1. The fraction of sp³-hybridized carbons (Fsp3) is 0.136. The molecule has 0 unspecified atom stereocenters. The lowest BCUT2D eigenvalue weighted by molar-refractivity contribution is 0.102. The Morgan fingerprint density at radius 3 is 2.28 bits per heavy atom. The van der Waals surface area contributed by atoms with Crippen molar-refractivity contribution in [1.82, 2.24) is 0 Å². The van der Waals surface area contributed by atoms with E-state index in [1.807, 2.05) is 0 Å². The molecule has 1 amide bonds. The summed E-state index contributed by atoms with van der Waals surface area (Å²) < 4.78 is 55.9. The summed E-state index contributed by atoms with van der Waals surface area (Å²) in [5.74, 6) is -0.427. The van der Waals surface area contributed by atoms with E-state index >= 15 is 0 Å². The zero-order valence-corrected chi connectivity index (χ0v) is 19.0. The first-order valence-corrected chi connectivity index (χ1v) is 13.0. The SMILES string of the molecule is COc1ccc(NC(=O)c2cccc(CS(=O)(=O)c3ccccc3)c2)cc1NS(C)(=O)=O. The highest BCUT2D eigenvalue weighted by Crippen LogP contribution is 2.29. The Bertz CT molecular complexity index is 1340. The third-order valence-corrected chi connectivity index (χ3v) is 6.70. The van der Waals surface area contributed by atoms with E-state index in [4.69, 9.17) is 4.74 Å². The minimum Gasteiger partial charge on any atom is -0.495 e. The van der Waals surface area contributed by atoms with Crippen LogP contribution >= 0.6 is 0 Å². The van der Waals surface area contributed by atoms with E-state index in [1.165, 1.54) is 37.4 Å².